The maximum Gasteiger partial charge on any atom is 0.250 e. The molecule has 0 saturated heterocycles. The second-order valence-corrected chi connectivity index (χ2v) is 11.6. The lowest BCUT2D eigenvalue weighted by molar-refractivity contribution is 0.288. The summed E-state index contributed by atoms with van der Waals surface area (Å²) in [6.07, 6.45) is 1.54. The number of aliphatic hydroxyl groups excluding tert-OH is 1. The Balaban J connectivity index is 2.84. The first kappa shape index (κ1) is 16.5. The van der Waals surface area contributed by atoms with Gasteiger partial charge < -0.3 is 9.53 Å². The minimum absolute atomic E-state index is 0.176. The lowest BCUT2D eigenvalue weighted by Crippen LogP contribution is -2.43. The number of aryl methyl sites for hydroxylation is 1. The van der Waals surface area contributed by atoms with Crippen molar-refractivity contribution in [1.82, 2.24) is 0 Å². The molecule has 0 aliphatic heterocycles. The molecule has 19 heavy (non-hydrogen) atoms. The van der Waals surface area contributed by atoms with Crippen molar-refractivity contribution in [2.45, 2.75) is 51.7 Å². The van der Waals surface area contributed by atoms with Crippen LogP contribution in [0.5, 0.6) is 5.75 Å². The van der Waals surface area contributed by atoms with E-state index < -0.39 is 8.32 Å². The SMILES string of the molecule is CC(C)(C)[Si](C)(C)Oc1ccc(CCCO)c(Cl)c1. The molecule has 0 atom stereocenters. The number of benzene rings is 1. The molecule has 0 fully saturated rings. The average Bonchev–Trinajstić information content (AvgIpc) is 2.26. The number of hydrogen-bond donors (Lipinski definition) is 1. The zero-order chi connectivity index (χ0) is 14.7. The van der Waals surface area contributed by atoms with E-state index in [1.54, 1.807) is 0 Å². The van der Waals surface area contributed by atoms with Gasteiger partial charge in [-0.15, -0.1) is 0 Å². The quantitative estimate of drug-likeness (QED) is 0.802. The van der Waals surface area contributed by atoms with Crippen LogP contribution >= 0.6 is 11.6 Å². The van der Waals surface area contributed by atoms with Crippen molar-refractivity contribution in [2.24, 2.45) is 0 Å². The summed E-state index contributed by atoms with van der Waals surface area (Å²) in [4.78, 5) is 0. The van der Waals surface area contributed by atoms with Crippen molar-refractivity contribution >= 4 is 19.9 Å². The first-order valence-electron chi connectivity index (χ1n) is 6.76. The number of hydrogen-bond acceptors (Lipinski definition) is 2. The van der Waals surface area contributed by atoms with Gasteiger partial charge in [0.05, 0.1) is 0 Å². The van der Waals surface area contributed by atoms with Gasteiger partial charge in [-0.3, -0.25) is 0 Å². The normalized spacial score (nSPS) is 12.6. The van der Waals surface area contributed by atoms with Gasteiger partial charge in [-0.25, -0.2) is 0 Å². The fraction of sp³-hybridized carbons (Fsp3) is 0.600. The lowest BCUT2D eigenvalue weighted by Gasteiger charge is -2.36. The Hall–Kier alpha value is -0.513. The Labute approximate surface area is 122 Å². The zero-order valence-electron chi connectivity index (χ0n) is 12.6. The topological polar surface area (TPSA) is 29.5 Å². The summed E-state index contributed by atoms with van der Waals surface area (Å²) in [5, 5.41) is 9.76. The minimum Gasteiger partial charge on any atom is -0.543 e. The molecule has 0 aliphatic rings. The average molecular weight is 301 g/mol. The van der Waals surface area contributed by atoms with Crippen LogP contribution in [0.1, 0.15) is 32.8 Å². The molecule has 108 valence electrons. The molecule has 0 aliphatic carbocycles. The second-order valence-electron chi connectivity index (χ2n) is 6.44. The molecule has 0 saturated carbocycles. The molecule has 0 heterocycles. The van der Waals surface area contributed by atoms with E-state index in [0.29, 0.717) is 0 Å². The van der Waals surface area contributed by atoms with Crippen LogP contribution in [0, 0.1) is 0 Å². The maximum absolute atomic E-state index is 8.85. The highest BCUT2D eigenvalue weighted by molar-refractivity contribution is 6.74. The third kappa shape index (κ3) is 4.51. The molecular formula is C15H25ClO2Si. The molecule has 2 nitrogen and oxygen atoms in total. The summed E-state index contributed by atoms with van der Waals surface area (Å²) in [5.74, 6) is 0.851. The molecule has 1 N–H and O–H groups in total. The van der Waals surface area contributed by atoms with Gasteiger partial charge in [0.2, 0.25) is 8.32 Å². The molecule has 0 radical (unpaired) electrons. The van der Waals surface area contributed by atoms with E-state index in [9.17, 15) is 0 Å². The van der Waals surface area contributed by atoms with E-state index in [1.807, 2.05) is 18.2 Å². The van der Waals surface area contributed by atoms with Crippen molar-refractivity contribution in [3.05, 3.63) is 28.8 Å². The molecule has 0 spiro atoms. The summed E-state index contributed by atoms with van der Waals surface area (Å²) in [7, 11) is -1.81. The largest absolute Gasteiger partial charge is 0.543 e. The summed E-state index contributed by atoms with van der Waals surface area (Å²) in [6.45, 7) is 11.3. The van der Waals surface area contributed by atoms with E-state index in [1.165, 1.54) is 0 Å². The summed E-state index contributed by atoms with van der Waals surface area (Å²) in [5.41, 5.74) is 1.07. The molecular weight excluding hydrogens is 276 g/mol. The second kappa shape index (κ2) is 6.29. The van der Waals surface area contributed by atoms with E-state index >= 15 is 0 Å². The highest BCUT2D eigenvalue weighted by Gasteiger charge is 2.38. The van der Waals surface area contributed by atoms with Crippen molar-refractivity contribution in [2.75, 3.05) is 6.61 Å². The van der Waals surface area contributed by atoms with Crippen LogP contribution < -0.4 is 4.43 Å². The Morgan fingerprint density at radius 2 is 1.89 bits per heavy atom. The third-order valence-electron chi connectivity index (χ3n) is 3.81. The van der Waals surface area contributed by atoms with E-state index in [0.717, 1.165) is 29.2 Å². The minimum atomic E-state index is -1.81. The Bertz CT molecular complexity index is 425. The van der Waals surface area contributed by atoms with Crippen LogP contribution in [0.25, 0.3) is 0 Å². The van der Waals surface area contributed by atoms with Crippen molar-refractivity contribution < 1.29 is 9.53 Å². The number of halogens is 1. The first-order valence-corrected chi connectivity index (χ1v) is 10.0. The maximum atomic E-state index is 8.85. The van der Waals surface area contributed by atoms with Crippen LogP contribution in [-0.4, -0.2) is 20.0 Å². The van der Waals surface area contributed by atoms with Gasteiger partial charge in [0.15, 0.2) is 0 Å². The molecule has 0 amide bonds. The van der Waals surface area contributed by atoms with Crippen LogP contribution in [0.2, 0.25) is 23.2 Å². The fourth-order valence-electron chi connectivity index (χ4n) is 1.51. The molecule has 0 bridgehead atoms. The Morgan fingerprint density at radius 1 is 1.26 bits per heavy atom. The van der Waals surface area contributed by atoms with Gasteiger partial charge in [0, 0.05) is 11.6 Å². The van der Waals surface area contributed by atoms with E-state index in [4.69, 9.17) is 21.1 Å². The van der Waals surface area contributed by atoms with Crippen LogP contribution in [-0.2, 0) is 6.42 Å². The van der Waals surface area contributed by atoms with Crippen LogP contribution in [0.15, 0.2) is 18.2 Å². The third-order valence-corrected chi connectivity index (χ3v) is 8.52. The van der Waals surface area contributed by atoms with Crippen molar-refractivity contribution in [3.8, 4) is 5.75 Å². The predicted molar refractivity (Wildman–Crippen MR) is 84.7 cm³/mol. The Kier molecular flexibility index (Phi) is 5.48. The first-order chi connectivity index (χ1) is 8.67. The molecule has 1 rings (SSSR count). The zero-order valence-corrected chi connectivity index (χ0v) is 14.3. The van der Waals surface area contributed by atoms with Crippen molar-refractivity contribution in [1.29, 1.82) is 0 Å². The number of rotatable bonds is 5. The van der Waals surface area contributed by atoms with E-state index in [2.05, 4.69) is 33.9 Å². The molecule has 1 aromatic carbocycles. The molecule has 0 unspecified atom stereocenters. The molecule has 0 aromatic heterocycles. The lowest BCUT2D eigenvalue weighted by atomic mass is 10.1. The van der Waals surface area contributed by atoms with Gasteiger partial charge >= 0.3 is 0 Å². The summed E-state index contributed by atoms with van der Waals surface area (Å²) < 4.78 is 6.21. The Morgan fingerprint density at radius 3 is 2.37 bits per heavy atom. The van der Waals surface area contributed by atoms with Crippen molar-refractivity contribution in [3.63, 3.8) is 0 Å². The van der Waals surface area contributed by atoms with Gasteiger partial charge in [0.1, 0.15) is 5.75 Å². The monoisotopic (exact) mass is 300 g/mol. The van der Waals surface area contributed by atoms with Gasteiger partial charge in [0.25, 0.3) is 0 Å². The van der Waals surface area contributed by atoms with Gasteiger partial charge in [-0.2, -0.15) is 0 Å². The standard InChI is InChI=1S/C15H25ClO2Si/c1-15(2,3)19(4,5)18-13-9-8-12(7-6-10-17)14(16)11-13/h8-9,11,17H,6-7,10H2,1-5H3. The summed E-state index contributed by atoms with van der Waals surface area (Å²) in [6, 6.07) is 5.88. The van der Waals surface area contributed by atoms with Gasteiger partial charge in [-0.1, -0.05) is 38.4 Å². The predicted octanol–water partition coefficient (Wildman–Crippen LogP) is 4.65. The highest BCUT2D eigenvalue weighted by Crippen LogP contribution is 2.38. The highest BCUT2D eigenvalue weighted by atomic mass is 35.5. The van der Waals surface area contributed by atoms with Gasteiger partial charge in [-0.05, 0) is 48.7 Å². The number of aliphatic hydroxyl groups is 1. The van der Waals surface area contributed by atoms with Crippen LogP contribution in [0.3, 0.4) is 0 Å². The smallest absolute Gasteiger partial charge is 0.250 e. The fourth-order valence-corrected chi connectivity index (χ4v) is 2.80. The molecule has 1 aromatic rings. The van der Waals surface area contributed by atoms with E-state index in [-0.39, 0.29) is 11.6 Å². The molecule has 4 heteroatoms. The summed E-state index contributed by atoms with van der Waals surface area (Å²) >= 11 is 6.26. The van der Waals surface area contributed by atoms with Crippen LogP contribution in [0.4, 0.5) is 0 Å².